The highest BCUT2D eigenvalue weighted by Gasteiger charge is 2.25. The first-order chi connectivity index (χ1) is 9.74. The summed E-state index contributed by atoms with van der Waals surface area (Å²) in [4.78, 5) is 25.6. The van der Waals surface area contributed by atoms with E-state index in [1.165, 1.54) is 0 Å². The Morgan fingerprint density at radius 2 is 2.05 bits per heavy atom. The van der Waals surface area contributed by atoms with E-state index in [9.17, 15) is 9.59 Å². The molecule has 0 atom stereocenters. The van der Waals surface area contributed by atoms with Crippen molar-refractivity contribution in [3.63, 3.8) is 0 Å². The number of anilines is 1. The van der Waals surface area contributed by atoms with E-state index in [-0.39, 0.29) is 18.4 Å². The molecule has 0 fully saturated rings. The molecule has 1 aromatic rings. The molecule has 2 amide bonds. The smallest absolute Gasteiger partial charge is 0.253 e. The molecule has 0 saturated heterocycles. The molecule has 5 nitrogen and oxygen atoms in total. The predicted molar refractivity (Wildman–Crippen MR) is 76.9 cm³/mol. The van der Waals surface area contributed by atoms with Crippen molar-refractivity contribution < 1.29 is 14.3 Å². The van der Waals surface area contributed by atoms with Gasteiger partial charge in [0.05, 0.1) is 24.4 Å². The van der Waals surface area contributed by atoms with E-state index in [4.69, 9.17) is 4.74 Å². The van der Waals surface area contributed by atoms with Crippen LogP contribution in [0, 0.1) is 0 Å². The van der Waals surface area contributed by atoms with E-state index < -0.39 is 0 Å². The molecule has 1 heterocycles. The lowest BCUT2D eigenvalue weighted by Gasteiger charge is -2.21. The van der Waals surface area contributed by atoms with Crippen LogP contribution in [0.15, 0.2) is 24.3 Å². The monoisotopic (exact) mass is 276 g/mol. The first-order valence-corrected chi connectivity index (χ1v) is 6.99. The molecule has 108 valence electrons. The normalized spacial score (nSPS) is 14.8. The van der Waals surface area contributed by atoms with Crippen molar-refractivity contribution in [2.24, 2.45) is 0 Å². The zero-order valence-corrected chi connectivity index (χ0v) is 11.7. The lowest BCUT2D eigenvalue weighted by atomic mass is 10.1. The highest BCUT2D eigenvalue weighted by molar-refractivity contribution is 6.09. The largest absolute Gasteiger partial charge is 0.380 e. The average Bonchev–Trinajstić information content (AvgIpc) is 2.59. The third-order valence-corrected chi connectivity index (χ3v) is 3.24. The number of amides is 2. The Balaban J connectivity index is 2.07. The highest BCUT2D eigenvalue weighted by Crippen LogP contribution is 2.22. The molecule has 0 bridgehead atoms. The lowest BCUT2D eigenvalue weighted by Crippen LogP contribution is -2.38. The SMILES string of the molecule is CCCCOCCN1C(=O)CNC(=O)c2ccccc21. The molecule has 0 radical (unpaired) electrons. The molecule has 0 aliphatic carbocycles. The van der Waals surface area contributed by atoms with Crippen molar-refractivity contribution in [2.75, 3.05) is 31.2 Å². The summed E-state index contributed by atoms with van der Waals surface area (Å²) in [5, 5.41) is 2.62. The van der Waals surface area contributed by atoms with E-state index in [0.717, 1.165) is 12.8 Å². The van der Waals surface area contributed by atoms with Crippen LogP contribution in [0.1, 0.15) is 30.1 Å². The zero-order chi connectivity index (χ0) is 14.4. The standard InChI is InChI=1S/C15H20N2O3/c1-2-3-9-20-10-8-17-13-7-5-4-6-12(13)15(19)16-11-14(17)18/h4-7H,2-3,8-11H2,1H3,(H,16,19). The fourth-order valence-electron chi connectivity index (χ4n) is 2.13. The van der Waals surface area contributed by atoms with Crippen LogP contribution in [-0.4, -0.2) is 38.1 Å². The third-order valence-electron chi connectivity index (χ3n) is 3.24. The van der Waals surface area contributed by atoms with Crippen molar-refractivity contribution in [3.05, 3.63) is 29.8 Å². The molecule has 2 rings (SSSR count). The Kier molecular flexibility index (Phi) is 5.12. The molecule has 5 heteroatoms. The summed E-state index contributed by atoms with van der Waals surface area (Å²) in [7, 11) is 0. The van der Waals surface area contributed by atoms with Crippen LogP contribution >= 0.6 is 0 Å². The molecule has 0 unspecified atom stereocenters. The van der Waals surface area contributed by atoms with Gasteiger partial charge in [0.1, 0.15) is 0 Å². The number of hydrogen-bond acceptors (Lipinski definition) is 3. The summed E-state index contributed by atoms with van der Waals surface area (Å²) in [6, 6.07) is 7.15. The van der Waals surface area contributed by atoms with Gasteiger partial charge in [0, 0.05) is 13.2 Å². The van der Waals surface area contributed by atoms with E-state index in [0.29, 0.717) is 31.0 Å². The topological polar surface area (TPSA) is 58.6 Å². The number of carbonyl (C=O) groups excluding carboxylic acids is 2. The number of hydrogen-bond donors (Lipinski definition) is 1. The maximum atomic E-state index is 12.1. The predicted octanol–water partition coefficient (Wildman–Crippen LogP) is 1.58. The quantitative estimate of drug-likeness (QED) is 0.803. The summed E-state index contributed by atoms with van der Waals surface area (Å²) in [5.41, 5.74) is 1.19. The Hall–Kier alpha value is -1.88. The van der Waals surface area contributed by atoms with Gasteiger partial charge in [-0.1, -0.05) is 25.5 Å². The number of nitrogens with zero attached hydrogens (tertiary/aromatic N) is 1. The van der Waals surface area contributed by atoms with Crippen molar-refractivity contribution in [2.45, 2.75) is 19.8 Å². The van der Waals surface area contributed by atoms with Gasteiger partial charge in [-0.15, -0.1) is 0 Å². The lowest BCUT2D eigenvalue weighted by molar-refractivity contribution is -0.117. The van der Waals surface area contributed by atoms with Crippen LogP contribution < -0.4 is 10.2 Å². The summed E-state index contributed by atoms with van der Waals surface area (Å²) < 4.78 is 5.51. The number of ether oxygens (including phenoxy) is 1. The van der Waals surface area contributed by atoms with E-state index in [1.54, 1.807) is 23.1 Å². The van der Waals surface area contributed by atoms with Gasteiger partial charge in [-0.25, -0.2) is 0 Å². The van der Waals surface area contributed by atoms with Crippen molar-refractivity contribution >= 4 is 17.5 Å². The molecule has 20 heavy (non-hydrogen) atoms. The molecule has 1 aliphatic rings. The minimum absolute atomic E-state index is 0.0302. The number of benzene rings is 1. The number of rotatable bonds is 6. The van der Waals surface area contributed by atoms with E-state index >= 15 is 0 Å². The summed E-state index contributed by atoms with van der Waals surface area (Å²) in [6.07, 6.45) is 2.11. The number of carbonyl (C=O) groups is 2. The van der Waals surface area contributed by atoms with E-state index in [2.05, 4.69) is 12.2 Å². The van der Waals surface area contributed by atoms with Crippen LogP contribution in [0.5, 0.6) is 0 Å². The molecular weight excluding hydrogens is 256 g/mol. The van der Waals surface area contributed by atoms with E-state index in [1.807, 2.05) is 6.07 Å². The van der Waals surface area contributed by atoms with Crippen molar-refractivity contribution in [1.82, 2.24) is 5.32 Å². The molecular formula is C15H20N2O3. The number of nitrogens with one attached hydrogen (secondary N) is 1. The van der Waals surface area contributed by atoms with Crippen LogP contribution in [0.2, 0.25) is 0 Å². The maximum Gasteiger partial charge on any atom is 0.253 e. The molecule has 1 N–H and O–H groups in total. The van der Waals surface area contributed by atoms with Crippen molar-refractivity contribution in [1.29, 1.82) is 0 Å². The second-order valence-electron chi connectivity index (χ2n) is 4.71. The molecule has 0 aromatic heterocycles. The van der Waals surface area contributed by atoms with Gasteiger partial charge in [-0.05, 0) is 18.6 Å². The van der Waals surface area contributed by atoms with Crippen LogP contribution in [0.3, 0.4) is 0 Å². The Bertz CT molecular complexity index is 488. The number of unbranched alkanes of at least 4 members (excludes halogenated alkanes) is 1. The number of fused-ring (bicyclic) bond motifs is 1. The molecule has 0 spiro atoms. The Morgan fingerprint density at radius 1 is 1.25 bits per heavy atom. The van der Waals surface area contributed by atoms with Gasteiger partial charge in [0.25, 0.3) is 5.91 Å². The Labute approximate surface area is 118 Å². The van der Waals surface area contributed by atoms with Gasteiger partial charge in [-0.3, -0.25) is 9.59 Å². The molecule has 1 aromatic carbocycles. The summed E-state index contributed by atoms with van der Waals surface area (Å²) in [6.45, 7) is 3.79. The van der Waals surface area contributed by atoms with Crippen LogP contribution in [0.4, 0.5) is 5.69 Å². The first kappa shape index (κ1) is 14.5. The first-order valence-electron chi connectivity index (χ1n) is 6.99. The minimum Gasteiger partial charge on any atom is -0.380 e. The van der Waals surface area contributed by atoms with Crippen molar-refractivity contribution in [3.8, 4) is 0 Å². The summed E-state index contributed by atoms with van der Waals surface area (Å²) >= 11 is 0. The summed E-state index contributed by atoms with van der Waals surface area (Å²) in [5.74, 6) is -0.314. The maximum absolute atomic E-state index is 12.1. The van der Waals surface area contributed by atoms with Crippen LogP contribution in [-0.2, 0) is 9.53 Å². The number of para-hydroxylation sites is 1. The second kappa shape index (κ2) is 7.05. The molecule has 0 saturated carbocycles. The zero-order valence-electron chi connectivity index (χ0n) is 11.7. The van der Waals surface area contributed by atoms with Gasteiger partial charge in [-0.2, -0.15) is 0 Å². The molecule has 1 aliphatic heterocycles. The second-order valence-corrected chi connectivity index (χ2v) is 4.71. The highest BCUT2D eigenvalue weighted by atomic mass is 16.5. The van der Waals surface area contributed by atoms with Gasteiger partial charge in [0.15, 0.2) is 0 Å². The third kappa shape index (κ3) is 3.36. The van der Waals surface area contributed by atoms with Gasteiger partial charge in [0.2, 0.25) is 5.91 Å². The fraction of sp³-hybridized carbons (Fsp3) is 0.467. The Morgan fingerprint density at radius 3 is 2.85 bits per heavy atom. The minimum atomic E-state index is -0.205. The van der Waals surface area contributed by atoms with Gasteiger partial charge >= 0.3 is 0 Å². The van der Waals surface area contributed by atoms with Crippen LogP contribution in [0.25, 0.3) is 0 Å². The fourth-order valence-corrected chi connectivity index (χ4v) is 2.13. The average molecular weight is 276 g/mol. The van der Waals surface area contributed by atoms with Gasteiger partial charge < -0.3 is 15.0 Å².